The molecule has 0 N–H and O–H groups in total. The van der Waals surface area contributed by atoms with Crippen LogP contribution in [0.3, 0.4) is 0 Å². The summed E-state index contributed by atoms with van der Waals surface area (Å²) in [5.74, 6) is -0.332. The van der Waals surface area contributed by atoms with Crippen molar-refractivity contribution in [2.75, 3.05) is 0 Å². The van der Waals surface area contributed by atoms with E-state index < -0.39 is 17.9 Å². The van der Waals surface area contributed by atoms with Gasteiger partial charge in [0.1, 0.15) is 17.3 Å². The van der Waals surface area contributed by atoms with Crippen LogP contribution in [0.5, 0.6) is 17.4 Å². The smallest absolute Gasteiger partial charge is 0.345 e. The molecular weight excluding hydrogens is 460 g/mol. The Labute approximate surface area is 206 Å². The van der Waals surface area contributed by atoms with Crippen molar-refractivity contribution in [2.45, 2.75) is 0 Å². The van der Waals surface area contributed by atoms with Crippen molar-refractivity contribution < 1.29 is 33.0 Å². The van der Waals surface area contributed by atoms with Crippen molar-refractivity contribution in [3.05, 3.63) is 116 Å². The highest BCUT2D eigenvalue weighted by Gasteiger charge is 2.13. The zero-order valence-electron chi connectivity index (χ0n) is 19.0. The molecule has 0 saturated heterocycles. The molecule has 4 aromatic rings. The molecule has 0 aliphatic carbocycles. The van der Waals surface area contributed by atoms with E-state index in [0.717, 1.165) is 23.3 Å². The molecule has 0 spiro atoms. The second kappa shape index (κ2) is 10.8. The number of rotatable bonds is 8. The van der Waals surface area contributed by atoms with Gasteiger partial charge in [-0.1, -0.05) is 37.4 Å². The van der Waals surface area contributed by atoms with Gasteiger partial charge in [0.2, 0.25) is 0 Å². The highest BCUT2D eigenvalue weighted by Crippen LogP contribution is 2.29. The topological polar surface area (TPSA) is 92.0 Å². The lowest BCUT2D eigenvalue weighted by Gasteiger charge is -2.06. The highest BCUT2D eigenvalue weighted by atomic mass is 16.6. The van der Waals surface area contributed by atoms with E-state index >= 15 is 0 Å². The zero-order valence-corrected chi connectivity index (χ0v) is 19.0. The van der Waals surface area contributed by atoms with Crippen LogP contribution in [0.15, 0.2) is 115 Å². The maximum Gasteiger partial charge on any atom is 0.345 e. The molecule has 0 amide bonds. The number of carbonyl (C=O) groups is 3. The SMILES string of the molecule is C=CC(=O)Oc1ccc(-c2ccc(C(=O)Oc3ccc(-c4ccc(OC(=O)C=C)cc4)o3)cc2)cc1. The van der Waals surface area contributed by atoms with Crippen LogP contribution < -0.4 is 14.2 Å². The van der Waals surface area contributed by atoms with Gasteiger partial charge in [-0.3, -0.25) is 0 Å². The Morgan fingerprint density at radius 1 is 0.583 bits per heavy atom. The van der Waals surface area contributed by atoms with Gasteiger partial charge in [0.25, 0.3) is 5.95 Å². The molecule has 7 heteroatoms. The monoisotopic (exact) mass is 480 g/mol. The Kier molecular flexibility index (Phi) is 7.22. The van der Waals surface area contributed by atoms with Crippen LogP contribution in [0.2, 0.25) is 0 Å². The average molecular weight is 480 g/mol. The number of benzene rings is 3. The number of furan rings is 1. The molecule has 0 saturated carbocycles. The van der Waals surface area contributed by atoms with E-state index in [1.54, 1.807) is 84.9 Å². The molecule has 0 aliphatic rings. The summed E-state index contributed by atoms with van der Waals surface area (Å²) < 4.78 is 21.1. The second-order valence-corrected chi connectivity index (χ2v) is 7.38. The zero-order chi connectivity index (χ0) is 25.5. The lowest BCUT2D eigenvalue weighted by molar-refractivity contribution is -0.129. The van der Waals surface area contributed by atoms with Crippen molar-refractivity contribution in [3.8, 4) is 39.9 Å². The summed E-state index contributed by atoms with van der Waals surface area (Å²) in [5.41, 5.74) is 2.82. The summed E-state index contributed by atoms with van der Waals surface area (Å²) in [6.45, 7) is 6.72. The molecule has 0 aliphatic heterocycles. The number of carbonyl (C=O) groups excluding carboxylic acids is 3. The summed E-state index contributed by atoms with van der Waals surface area (Å²) in [7, 11) is 0. The van der Waals surface area contributed by atoms with Crippen molar-refractivity contribution in [1.29, 1.82) is 0 Å². The van der Waals surface area contributed by atoms with Gasteiger partial charge in [0, 0.05) is 23.8 Å². The van der Waals surface area contributed by atoms with Gasteiger partial charge in [-0.05, 0) is 65.7 Å². The van der Waals surface area contributed by atoms with Crippen LogP contribution in [-0.2, 0) is 9.59 Å². The predicted octanol–water partition coefficient (Wildman–Crippen LogP) is 6.02. The first-order valence-corrected chi connectivity index (χ1v) is 10.8. The fourth-order valence-corrected chi connectivity index (χ4v) is 3.20. The number of esters is 3. The van der Waals surface area contributed by atoms with Crippen molar-refractivity contribution in [2.24, 2.45) is 0 Å². The molecule has 36 heavy (non-hydrogen) atoms. The minimum atomic E-state index is -0.569. The van der Waals surface area contributed by atoms with Crippen molar-refractivity contribution in [1.82, 2.24) is 0 Å². The van der Waals surface area contributed by atoms with Gasteiger partial charge in [0.15, 0.2) is 0 Å². The van der Waals surface area contributed by atoms with Gasteiger partial charge >= 0.3 is 17.9 Å². The van der Waals surface area contributed by atoms with Crippen LogP contribution in [0.1, 0.15) is 10.4 Å². The molecule has 0 atom stereocenters. The van der Waals surface area contributed by atoms with Gasteiger partial charge in [-0.15, -0.1) is 0 Å². The molecule has 4 rings (SSSR count). The van der Waals surface area contributed by atoms with E-state index in [9.17, 15) is 14.4 Å². The third kappa shape index (κ3) is 5.84. The molecule has 3 aromatic carbocycles. The number of hydrogen-bond donors (Lipinski definition) is 0. The lowest BCUT2D eigenvalue weighted by Crippen LogP contribution is -2.07. The van der Waals surface area contributed by atoms with Crippen LogP contribution in [0.4, 0.5) is 0 Å². The Balaban J connectivity index is 1.38. The van der Waals surface area contributed by atoms with E-state index in [2.05, 4.69) is 13.2 Å². The summed E-state index contributed by atoms with van der Waals surface area (Å²) in [5, 5.41) is 0. The molecule has 1 heterocycles. The fourth-order valence-electron chi connectivity index (χ4n) is 3.20. The van der Waals surface area contributed by atoms with Crippen molar-refractivity contribution >= 4 is 17.9 Å². The molecule has 0 unspecified atom stereocenters. The van der Waals surface area contributed by atoms with Crippen LogP contribution in [0, 0.1) is 0 Å². The standard InChI is InChI=1S/C29H20O7/c1-3-26(30)33-23-13-9-20(10-14-23)19-5-7-22(8-6-19)29(32)36-28-18-17-25(35-28)21-11-15-24(16-12-21)34-27(31)4-2/h3-18H,1-2H2. The maximum absolute atomic E-state index is 12.6. The van der Waals surface area contributed by atoms with Crippen LogP contribution >= 0.6 is 0 Å². The fraction of sp³-hybridized carbons (Fsp3) is 0. The average Bonchev–Trinajstić information content (AvgIpc) is 3.38. The minimum absolute atomic E-state index is 0.0471. The molecule has 178 valence electrons. The molecule has 0 radical (unpaired) electrons. The van der Waals surface area contributed by atoms with Crippen molar-refractivity contribution in [3.63, 3.8) is 0 Å². The van der Waals surface area contributed by atoms with E-state index in [-0.39, 0.29) is 5.95 Å². The largest absolute Gasteiger partial charge is 0.425 e. The first-order valence-electron chi connectivity index (χ1n) is 10.8. The van der Waals surface area contributed by atoms with Crippen LogP contribution in [-0.4, -0.2) is 17.9 Å². The quantitative estimate of drug-likeness (QED) is 0.173. The maximum atomic E-state index is 12.6. The number of hydrogen-bond acceptors (Lipinski definition) is 7. The van der Waals surface area contributed by atoms with E-state index in [1.165, 1.54) is 0 Å². The molecule has 7 nitrogen and oxygen atoms in total. The third-order valence-electron chi connectivity index (χ3n) is 4.99. The Hall–Kier alpha value is -5.17. The van der Waals surface area contributed by atoms with Gasteiger partial charge in [0.05, 0.1) is 5.56 Å². The molecule has 0 bridgehead atoms. The lowest BCUT2D eigenvalue weighted by atomic mass is 10.0. The van der Waals surface area contributed by atoms with Gasteiger partial charge in [-0.25, -0.2) is 14.4 Å². The summed E-state index contributed by atoms with van der Waals surface area (Å²) in [6, 6.07) is 23.7. The second-order valence-electron chi connectivity index (χ2n) is 7.38. The Morgan fingerprint density at radius 3 is 1.56 bits per heavy atom. The summed E-state index contributed by atoms with van der Waals surface area (Å²) in [6.07, 6.45) is 2.18. The van der Waals surface area contributed by atoms with E-state index in [4.69, 9.17) is 18.6 Å². The highest BCUT2D eigenvalue weighted by molar-refractivity contribution is 5.91. The van der Waals surface area contributed by atoms with Gasteiger partial charge < -0.3 is 18.6 Å². The predicted molar refractivity (Wildman–Crippen MR) is 133 cm³/mol. The Morgan fingerprint density at radius 2 is 1.06 bits per heavy atom. The number of ether oxygens (including phenoxy) is 3. The third-order valence-corrected chi connectivity index (χ3v) is 4.99. The van der Waals surface area contributed by atoms with E-state index in [0.29, 0.717) is 28.4 Å². The normalized spacial score (nSPS) is 10.2. The molecular formula is C29H20O7. The molecule has 1 aromatic heterocycles. The first kappa shape index (κ1) is 24.0. The minimum Gasteiger partial charge on any atom is -0.425 e. The Bertz CT molecular complexity index is 1410. The van der Waals surface area contributed by atoms with E-state index in [1.807, 2.05) is 0 Å². The summed E-state index contributed by atoms with van der Waals surface area (Å²) >= 11 is 0. The molecule has 0 fully saturated rings. The summed E-state index contributed by atoms with van der Waals surface area (Å²) in [4.78, 5) is 35.1. The first-order chi connectivity index (χ1) is 17.4. The van der Waals surface area contributed by atoms with Gasteiger partial charge in [-0.2, -0.15) is 0 Å². The van der Waals surface area contributed by atoms with Crippen LogP contribution in [0.25, 0.3) is 22.5 Å².